The molecule has 1 fully saturated rings. The van der Waals surface area contributed by atoms with E-state index in [1.54, 1.807) is 4.90 Å². The molecule has 4 N–H and O–H groups in total. The van der Waals surface area contributed by atoms with Crippen LogP contribution in [0.25, 0.3) is 0 Å². The minimum absolute atomic E-state index is 0.0955. The average Bonchev–Trinajstić information content (AvgIpc) is 2.35. The minimum Gasteiger partial charge on any atom is -0.344 e. The van der Waals surface area contributed by atoms with Crippen LogP contribution in [0.3, 0.4) is 0 Å². The number of amides is 1. The summed E-state index contributed by atoms with van der Waals surface area (Å²) in [5, 5.41) is 0. The van der Waals surface area contributed by atoms with E-state index in [1.807, 2.05) is 7.05 Å². The summed E-state index contributed by atoms with van der Waals surface area (Å²) in [5.41, 5.74) is 11.6. The highest BCUT2D eigenvalue weighted by Crippen LogP contribution is 2.27. The van der Waals surface area contributed by atoms with Gasteiger partial charge in [0, 0.05) is 19.6 Å². The first-order valence-electron chi connectivity index (χ1n) is 7.17. The second-order valence-corrected chi connectivity index (χ2v) is 6.14. The zero-order valence-electron chi connectivity index (χ0n) is 12.1. The summed E-state index contributed by atoms with van der Waals surface area (Å²) < 4.78 is 0. The third kappa shape index (κ3) is 3.95. The van der Waals surface area contributed by atoms with Crippen LogP contribution in [0.4, 0.5) is 0 Å². The first-order chi connectivity index (χ1) is 8.37. The molecular weight excluding hydrogens is 226 g/mol. The summed E-state index contributed by atoms with van der Waals surface area (Å²) in [5.74, 6) is 0.549. The number of nitrogens with zero attached hydrogens (tertiary/aromatic N) is 1. The standard InChI is InChI=1S/C14H29N3O/c1-11(2)12(15)7-10-17(3)13(18)14(16)8-5-4-6-9-14/h11-12H,4-10,15-16H2,1-3H3. The van der Waals surface area contributed by atoms with Crippen molar-refractivity contribution in [2.45, 2.75) is 64.0 Å². The summed E-state index contributed by atoms with van der Waals surface area (Å²) in [7, 11) is 1.85. The number of rotatable bonds is 5. The molecule has 4 heteroatoms. The third-order valence-electron chi connectivity index (χ3n) is 4.17. The smallest absolute Gasteiger partial charge is 0.242 e. The molecule has 0 aliphatic heterocycles. The fraction of sp³-hybridized carbons (Fsp3) is 0.929. The highest BCUT2D eigenvalue weighted by Gasteiger charge is 2.37. The van der Waals surface area contributed by atoms with Crippen LogP contribution < -0.4 is 11.5 Å². The molecule has 0 aromatic rings. The molecule has 1 unspecified atom stereocenters. The second-order valence-electron chi connectivity index (χ2n) is 6.14. The number of hydrogen-bond donors (Lipinski definition) is 2. The van der Waals surface area contributed by atoms with E-state index >= 15 is 0 Å². The van der Waals surface area contributed by atoms with Crippen LogP contribution in [0.2, 0.25) is 0 Å². The summed E-state index contributed by atoms with van der Waals surface area (Å²) in [6.07, 6.45) is 5.84. The first kappa shape index (κ1) is 15.4. The molecule has 1 saturated carbocycles. The third-order valence-corrected chi connectivity index (χ3v) is 4.17. The first-order valence-corrected chi connectivity index (χ1v) is 7.17. The Kier molecular flexibility index (Phi) is 5.60. The Labute approximate surface area is 111 Å². The average molecular weight is 255 g/mol. The molecule has 0 radical (unpaired) electrons. The minimum atomic E-state index is -0.616. The van der Waals surface area contributed by atoms with Crippen LogP contribution in [-0.4, -0.2) is 36.0 Å². The Balaban J connectivity index is 2.45. The van der Waals surface area contributed by atoms with Gasteiger partial charge >= 0.3 is 0 Å². The van der Waals surface area contributed by atoms with Crippen molar-refractivity contribution in [1.29, 1.82) is 0 Å². The molecule has 0 aromatic carbocycles. The summed E-state index contributed by atoms with van der Waals surface area (Å²) in [6, 6.07) is 0.153. The highest BCUT2D eigenvalue weighted by molar-refractivity contribution is 5.86. The molecule has 1 amide bonds. The Hall–Kier alpha value is -0.610. The molecule has 0 heterocycles. The number of likely N-dealkylation sites (N-methyl/N-ethyl adjacent to an activating group) is 1. The van der Waals surface area contributed by atoms with E-state index in [-0.39, 0.29) is 11.9 Å². The van der Waals surface area contributed by atoms with E-state index in [0.29, 0.717) is 12.5 Å². The predicted molar refractivity (Wildman–Crippen MR) is 75.1 cm³/mol. The maximum atomic E-state index is 12.4. The Morgan fingerprint density at radius 3 is 2.33 bits per heavy atom. The fourth-order valence-corrected chi connectivity index (χ4v) is 2.55. The van der Waals surface area contributed by atoms with Crippen LogP contribution >= 0.6 is 0 Å². The van der Waals surface area contributed by atoms with Crippen LogP contribution in [-0.2, 0) is 4.79 Å². The molecule has 1 atom stereocenters. The van der Waals surface area contributed by atoms with Crippen molar-refractivity contribution < 1.29 is 4.79 Å². The van der Waals surface area contributed by atoms with E-state index in [1.165, 1.54) is 6.42 Å². The fourth-order valence-electron chi connectivity index (χ4n) is 2.55. The van der Waals surface area contributed by atoms with Crippen molar-refractivity contribution in [3.63, 3.8) is 0 Å². The van der Waals surface area contributed by atoms with Crippen molar-refractivity contribution in [3.8, 4) is 0 Å². The lowest BCUT2D eigenvalue weighted by Gasteiger charge is -2.35. The van der Waals surface area contributed by atoms with E-state index in [4.69, 9.17) is 11.5 Å². The molecule has 0 spiro atoms. The van der Waals surface area contributed by atoms with Gasteiger partial charge in [-0.25, -0.2) is 0 Å². The Morgan fingerprint density at radius 1 is 1.28 bits per heavy atom. The van der Waals surface area contributed by atoms with E-state index in [0.717, 1.165) is 32.1 Å². The molecule has 106 valence electrons. The molecule has 1 aliphatic rings. The number of carbonyl (C=O) groups is 1. The molecular formula is C14H29N3O. The van der Waals surface area contributed by atoms with Gasteiger partial charge in [0.15, 0.2) is 0 Å². The quantitative estimate of drug-likeness (QED) is 0.781. The van der Waals surface area contributed by atoms with Gasteiger partial charge in [-0.15, -0.1) is 0 Å². The lowest BCUT2D eigenvalue weighted by Crippen LogP contribution is -2.55. The molecule has 0 bridgehead atoms. The molecule has 18 heavy (non-hydrogen) atoms. The normalized spacial score (nSPS) is 20.8. The van der Waals surface area contributed by atoms with E-state index < -0.39 is 5.54 Å². The molecule has 0 saturated heterocycles. The summed E-state index contributed by atoms with van der Waals surface area (Å²) in [6.45, 7) is 4.92. The van der Waals surface area contributed by atoms with Gasteiger partial charge in [-0.2, -0.15) is 0 Å². The molecule has 0 aromatic heterocycles. The number of carbonyl (C=O) groups excluding carboxylic acids is 1. The predicted octanol–water partition coefficient (Wildman–Crippen LogP) is 1.48. The zero-order chi connectivity index (χ0) is 13.8. The highest BCUT2D eigenvalue weighted by atomic mass is 16.2. The molecule has 1 aliphatic carbocycles. The van der Waals surface area contributed by atoms with Gasteiger partial charge in [-0.05, 0) is 25.2 Å². The van der Waals surface area contributed by atoms with Crippen LogP contribution in [0, 0.1) is 5.92 Å². The monoisotopic (exact) mass is 255 g/mol. The van der Waals surface area contributed by atoms with Crippen molar-refractivity contribution in [1.82, 2.24) is 4.90 Å². The zero-order valence-corrected chi connectivity index (χ0v) is 12.1. The van der Waals surface area contributed by atoms with Crippen LogP contribution in [0.5, 0.6) is 0 Å². The van der Waals surface area contributed by atoms with Gasteiger partial charge in [-0.1, -0.05) is 33.1 Å². The van der Waals surface area contributed by atoms with Gasteiger partial charge in [0.05, 0.1) is 5.54 Å². The SMILES string of the molecule is CC(C)C(N)CCN(C)C(=O)C1(N)CCCCC1. The lowest BCUT2D eigenvalue weighted by molar-refractivity contribution is -0.137. The van der Waals surface area contributed by atoms with E-state index in [9.17, 15) is 4.79 Å². The number of hydrogen-bond acceptors (Lipinski definition) is 3. The van der Waals surface area contributed by atoms with Crippen LogP contribution in [0.15, 0.2) is 0 Å². The summed E-state index contributed by atoms with van der Waals surface area (Å²) >= 11 is 0. The van der Waals surface area contributed by atoms with Gasteiger partial charge < -0.3 is 16.4 Å². The van der Waals surface area contributed by atoms with Crippen molar-refractivity contribution in [2.24, 2.45) is 17.4 Å². The van der Waals surface area contributed by atoms with Gasteiger partial charge in [-0.3, -0.25) is 4.79 Å². The van der Waals surface area contributed by atoms with Crippen molar-refractivity contribution in [2.75, 3.05) is 13.6 Å². The van der Waals surface area contributed by atoms with Gasteiger partial charge in [0.1, 0.15) is 0 Å². The van der Waals surface area contributed by atoms with Crippen LogP contribution in [0.1, 0.15) is 52.4 Å². The Bertz CT molecular complexity index is 272. The van der Waals surface area contributed by atoms with E-state index in [2.05, 4.69) is 13.8 Å². The van der Waals surface area contributed by atoms with Crippen molar-refractivity contribution >= 4 is 5.91 Å². The molecule has 4 nitrogen and oxygen atoms in total. The lowest BCUT2D eigenvalue weighted by atomic mass is 9.81. The maximum Gasteiger partial charge on any atom is 0.242 e. The summed E-state index contributed by atoms with van der Waals surface area (Å²) in [4.78, 5) is 14.1. The topological polar surface area (TPSA) is 72.3 Å². The maximum absolute atomic E-state index is 12.4. The van der Waals surface area contributed by atoms with Gasteiger partial charge in [0.25, 0.3) is 0 Å². The second kappa shape index (κ2) is 6.53. The Morgan fingerprint density at radius 2 is 1.83 bits per heavy atom. The molecule has 1 rings (SSSR count). The van der Waals surface area contributed by atoms with Gasteiger partial charge in [0.2, 0.25) is 5.91 Å². The number of nitrogens with two attached hydrogens (primary N) is 2. The van der Waals surface area contributed by atoms with Crippen molar-refractivity contribution in [3.05, 3.63) is 0 Å². The largest absolute Gasteiger partial charge is 0.344 e.